The first kappa shape index (κ1) is 24.6. The van der Waals surface area contributed by atoms with E-state index in [-0.39, 0.29) is 12.5 Å². The molecule has 0 saturated carbocycles. The van der Waals surface area contributed by atoms with Crippen LogP contribution >= 0.6 is 0 Å². The van der Waals surface area contributed by atoms with Gasteiger partial charge in [-0.2, -0.15) is 13.2 Å². The normalized spacial score (nSPS) is 14.6. The fourth-order valence-electron chi connectivity index (χ4n) is 4.17. The number of alkyl halides is 3. The number of rotatable bonds is 7. The van der Waals surface area contributed by atoms with Crippen LogP contribution < -0.4 is 15.0 Å². The molecule has 5 nitrogen and oxygen atoms in total. The Morgan fingerprint density at radius 2 is 1.60 bits per heavy atom. The molecule has 0 aliphatic carbocycles. The number of ether oxygens (including phenoxy) is 1. The standard InChI is InChI=1S/C27H28F3N3O2/c1-35-25-10-8-24(9-11-25)33-14-12-32(13-15-33)19-21-5-2-6-22(16-21)26(34)31-18-20-4-3-7-23(17-20)27(28,29)30/h2-11,16-17H,12-15,18-19H2,1H3,(H,31,34). The van der Waals surface area contributed by atoms with E-state index in [9.17, 15) is 18.0 Å². The number of nitrogens with zero attached hydrogens (tertiary/aromatic N) is 2. The lowest BCUT2D eigenvalue weighted by atomic mass is 10.1. The molecule has 0 atom stereocenters. The van der Waals surface area contributed by atoms with Crippen LogP contribution in [0, 0.1) is 0 Å². The number of methoxy groups -OCH3 is 1. The van der Waals surface area contributed by atoms with Gasteiger partial charge in [-0.15, -0.1) is 0 Å². The highest BCUT2D eigenvalue weighted by atomic mass is 19.4. The van der Waals surface area contributed by atoms with E-state index in [1.54, 1.807) is 19.2 Å². The van der Waals surface area contributed by atoms with Gasteiger partial charge in [-0.25, -0.2) is 0 Å². The van der Waals surface area contributed by atoms with E-state index in [0.717, 1.165) is 56.2 Å². The van der Waals surface area contributed by atoms with Crippen LogP contribution in [0.1, 0.15) is 27.0 Å². The monoisotopic (exact) mass is 483 g/mol. The molecule has 184 valence electrons. The predicted molar refractivity (Wildman–Crippen MR) is 130 cm³/mol. The molecule has 0 aromatic heterocycles. The van der Waals surface area contributed by atoms with Crippen molar-refractivity contribution < 1.29 is 22.7 Å². The maximum absolute atomic E-state index is 12.9. The molecule has 1 heterocycles. The second-order valence-corrected chi connectivity index (χ2v) is 8.54. The van der Waals surface area contributed by atoms with Crippen molar-refractivity contribution in [2.75, 3.05) is 38.2 Å². The molecule has 0 bridgehead atoms. The van der Waals surface area contributed by atoms with Crippen molar-refractivity contribution in [2.45, 2.75) is 19.3 Å². The van der Waals surface area contributed by atoms with Gasteiger partial charge < -0.3 is 15.0 Å². The Hall–Kier alpha value is -3.52. The third-order valence-corrected chi connectivity index (χ3v) is 6.11. The van der Waals surface area contributed by atoms with Crippen LogP contribution in [0.2, 0.25) is 0 Å². The van der Waals surface area contributed by atoms with Crippen LogP contribution in [0.4, 0.5) is 18.9 Å². The molecule has 4 rings (SSSR count). The number of anilines is 1. The van der Waals surface area contributed by atoms with Gasteiger partial charge in [0.05, 0.1) is 12.7 Å². The molecular weight excluding hydrogens is 455 g/mol. The lowest BCUT2D eigenvalue weighted by Crippen LogP contribution is -2.45. The summed E-state index contributed by atoms with van der Waals surface area (Å²) in [4.78, 5) is 17.3. The van der Waals surface area contributed by atoms with Crippen molar-refractivity contribution in [1.82, 2.24) is 10.2 Å². The van der Waals surface area contributed by atoms with E-state index in [1.807, 2.05) is 30.3 Å². The molecule has 1 N–H and O–H groups in total. The molecule has 1 fully saturated rings. The van der Waals surface area contributed by atoms with Crippen molar-refractivity contribution >= 4 is 11.6 Å². The number of carbonyl (C=O) groups is 1. The van der Waals surface area contributed by atoms with Crippen LogP contribution in [-0.4, -0.2) is 44.1 Å². The van der Waals surface area contributed by atoms with Crippen molar-refractivity contribution in [2.24, 2.45) is 0 Å². The van der Waals surface area contributed by atoms with Crippen molar-refractivity contribution in [3.05, 3.63) is 95.1 Å². The largest absolute Gasteiger partial charge is 0.497 e. The summed E-state index contributed by atoms with van der Waals surface area (Å²) in [5.74, 6) is 0.528. The van der Waals surface area contributed by atoms with Crippen molar-refractivity contribution in [3.8, 4) is 5.75 Å². The molecule has 0 radical (unpaired) electrons. The molecule has 1 aliphatic rings. The third kappa shape index (κ3) is 6.54. The molecular formula is C27H28F3N3O2. The Morgan fingerprint density at radius 1 is 0.914 bits per heavy atom. The topological polar surface area (TPSA) is 44.8 Å². The summed E-state index contributed by atoms with van der Waals surface area (Å²) in [6, 6.07) is 20.4. The average Bonchev–Trinajstić information content (AvgIpc) is 2.88. The van der Waals surface area contributed by atoms with E-state index < -0.39 is 11.7 Å². The highest BCUT2D eigenvalue weighted by molar-refractivity contribution is 5.94. The predicted octanol–water partition coefficient (Wildman–Crippen LogP) is 4.97. The fraction of sp³-hybridized carbons (Fsp3) is 0.296. The Labute approximate surface area is 203 Å². The van der Waals surface area contributed by atoms with E-state index >= 15 is 0 Å². The highest BCUT2D eigenvalue weighted by Crippen LogP contribution is 2.29. The van der Waals surface area contributed by atoms with Gasteiger partial charge in [0.1, 0.15) is 5.75 Å². The Kier molecular flexibility index (Phi) is 7.60. The van der Waals surface area contributed by atoms with Crippen molar-refractivity contribution in [3.63, 3.8) is 0 Å². The fourth-order valence-corrected chi connectivity index (χ4v) is 4.17. The Balaban J connectivity index is 1.30. The summed E-state index contributed by atoms with van der Waals surface area (Å²) in [6.07, 6.45) is -4.41. The summed E-state index contributed by atoms with van der Waals surface area (Å²) >= 11 is 0. The zero-order chi connectivity index (χ0) is 24.8. The lowest BCUT2D eigenvalue weighted by Gasteiger charge is -2.36. The minimum Gasteiger partial charge on any atom is -0.497 e. The molecule has 3 aromatic carbocycles. The van der Waals surface area contributed by atoms with Gasteiger partial charge in [0.15, 0.2) is 0 Å². The SMILES string of the molecule is COc1ccc(N2CCN(Cc3cccc(C(=O)NCc4cccc(C(F)(F)F)c4)c3)CC2)cc1. The van der Waals surface area contributed by atoms with E-state index in [2.05, 4.69) is 27.2 Å². The Morgan fingerprint density at radius 3 is 2.29 bits per heavy atom. The summed E-state index contributed by atoms with van der Waals surface area (Å²) in [7, 11) is 1.66. The van der Waals surface area contributed by atoms with Gasteiger partial charge in [0.2, 0.25) is 0 Å². The van der Waals surface area contributed by atoms with E-state index in [0.29, 0.717) is 11.1 Å². The minimum absolute atomic E-state index is 0.0281. The van der Waals surface area contributed by atoms with Crippen LogP contribution in [0.15, 0.2) is 72.8 Å². The van der Waals surface area contributed by atoms with Gasteiger partial charge in [0, 0.05) is 50.5 Å². The average molecular weight is 484 g/mol. The number of amides is 1. The second-order valence-electron chi connectivity index (χ2n) is 8.54. The number of halogens is 3. The van der Waals surface area contributed by atoms with Gasteiger partial charge >= 0.3 is 6.18 Å². The number of hydrogen-bond acceptors (Lipinski definition) is 4. The zero-order valence-corrected chi connectivity index (χ0v) is 19.5. The van der Waals surface area contributed by atoms with Gasteiger partial charge in [-0.05, 0) is 59.7 Å². The molecule has 3 aromatic rings. The molecule has 35 heavy (non-hydrogen) atoms. The maximum Gasteiger partial charge on any atom is 0.416 e. The first-order valence-corrected chi connectivity index (χ1v) is 11.5. The van der Waals surface area contributed by atoms with Crippen LogP contribution in [0.3, 0.4) is 0 Å². The smallest absolute Gasteiger partial charge is 0.416 e. The molecule has 1 saturated heterocycles. The van der Waals surface area contributed by atoms with Gasteiger partial charge in [0.25, 0.3) is 5.91 Å². The van der Waals surface area contributed by atoms with E-state index in [1.165, 1.54) is 11.8 Å². The van der Waals surface area contributed by atoms with Crippen LogP contribution in [0.25, 0.3) is 0 Å². The molecule has 0 spiro atoms. The number of benzene rings is 3. The third-order valence-electron chi connectivity index (χ3n) is 6.11. The van der Waals surface area contributed by atoms with Crippen LogP contribution in [0.5, 0.6) is 5.75 Å². The van der Waals surface area contributed by atoms with Crippen molar-refractivity contribution in [1.29, 1.82) is 0 Å². The lowest BCUT2D eigenvalue weighted by molar-refractivity contribution is -0.137. The number of nitrogens with one attached hydrogen (secondary N) is 1. The van der Waals surface area contributed by atoms with Gasteiger partial charge in [-0.3, -0.25) is 9.69 Å². The number of piperazine rings is 1. The van der Waals surface area contributed by atoms with E-state index in [4.69, 9.17) is 4.74 Å². The number of hydrogen-bond donors (Lipinski definition) is 1. The molecule has 1 aliphatic heterocycles. The maximum atomic E-state index is 12.9. The highest BCUT2D eigenvalue weighted by Gasteiger charge is 2.30. The van der Waals surface area contributed by atoms with Gasteiger partial charge in [-0.1, -0.05) is 24.3 Å². The minimum atomic E-state index is -4.41. The summed E-state index contributed by atoms with van der Waals surface area (Å²) in [5.41, 5.74) is 2.36. The summed E-state index contributed by atoms with van der Waals surface area (Å²) in [6.45, 7) is 4.37. The first-order valence-electron chi connectivity index (χ1n) is 11.5. The zero-order valence-electron chi connectivity index (χ0n) is 19.5. The molecule has 1 amide bonds. The van der Waals surface area contributed by atoms with Crippen LogP contribution in [-0.2, 0) is 19.3 Å². The number of carbonyl (C=O) groups excluding carboxylic acids is 1. The summed E-state index contributed by atoms with van der Waals surface area (Å²) < 4.78 is 43.9. The molecule has 8 heteroatoms. The summed E-state index contributed by atoms with van der Waals surface area (Å²) in [5, 5.41) is 2.72. The first-order chi connectivity index (χ1) is 16.8. The Bertz CT molecular complexity index is 1140. The molecule has 0 unspecified atom stereocenters. The quantitative estimate of drug-likeness (QED) is 0.516. The second kappa shape index (κ2) is 10.8.